The van der Waals surface area contributed by atoms with E-state index in [0.717, 1.165) is 45.4 Å². The molecule has 3 atom stereocenters. The minimum absolute atomic E-state index is 0.107. The van der Waals surface area contributed by atoms with Gasteiger partial charge < -0.3 is 9.84 Å². The van der Waals surface area contributed by atoms with Crippen LogP contribution in [0.5, 0.6) is 5.75 Å². The molecule has 0 radical (unpaired) electrons. The number of rotatable bonds is 5. The first-order valence-electron chi connectivity index (χ1n) is 11.0. The Morgan fingerprint density at radius 3 is 2.94 bits per heavy atom. The van der Waals surface area contributed by atoms with Crippen LogP contribution < -0.4 is 9.42 Å². The summed E-state index contributed by atoms with van der Waals surface area (Å²) in [7, 11) is 1.92. The Bertz CT molecular complexity index is 1440. The summed E-state index contributed by atoms with van der Waals surface area (Å²) in [5.41, 5.74) is 7.31. The molecule has 33 heavy (non-hydrogen) atoms. The van der Waals surface area contributed by atoms with E-state index in [2.05, 4.69) is 10.1 Å². The van der Waals surface area contributed by atoms with E-state index in [1.807, 2.05) is 55.2 Å². The number of carboxylic acids is 1. The second kappa shape index (κ2) is 7.13. The Morgan fingerprint density at radius 2 is 2.12 bits per heavy atom. The van der Waals surface area contributed by atoms with Crippen molar-refractivity contribution in [2.24, 2.45) is 18.9 Å². The zero-order valence-corrected chi connectivity index (χ0v) is 18.3. The summed E-state index contributed by atoms with van der Waals surface area (Å²) >= 11 is 0. The lowest BCUT2D eigenvalue weighted by Gasteiger charge is -2.12. The standard InChI is InChI=1S/C26H22FN3O3/c1-13-7-19(25-22(29-13)11-28-30(25)2)14-3-6-21(27)16(8-14)12-33-17-4-5-18-15(9-17)10-20-23(18)24(20)26(31)32/h3-9,11,20,23-24H,10,12H2,1-2H3,(H,31,32)/p+1/t20-,23+,24+/m1/s1. The Labute approximate surface area is 189 Å². The van der Waals surface area contributed by atoms with Crippen molar-refractivity contribution in [3.8, 4) is 16.9 Å². The van der Waals surface area contributed by atoms with Crippen LogP contribution in [0.15, 0.2) is 48.7 Å². The fraction of sp³-hybridized carbons (Fsp3) is 0.269. The number of hydrogen-bond donors (Lipinski definition) is 2. The van der Waals surface area contributed by atoms with Crippen molar-refractivity contribution < 1.29 is 23.7 Å². The molecule has 0 bridgehead atoms. The van der Waals surface area contributed by atoms with E-state index in [9.17, 15) is 14.3 Å². The summed E-state index contributed by atoms with van der Waals surface area (Å²) in [6.45, 7) is 2.05. The second-order valence-corrected chi connectivity index (χ2v) is 9.09. The number of halogens is 1. The van der Waals surface area contributed by atoms with E-state index in [1.165, 1.54) is 6.07 Å². The molecule has 1 fully saturated rings. The van der Waals surface area contributed by atoms with Crippen molar-refractivity contribution in [1.29, 1.82) is 0 Å². The number of aliphatic carboxylic acids is 1. The summed E-state index contributed by atoms with van der Waals surface area (Å²) in [6, 6.07) is 12.9. The van der Waals surface area contributed by atoms with Gasteiger partial charge in [-0.05, 0) is 66.3 Å². The zero-order chi connectivity index (χ0) is 22.9. The fourth-order valence-electron chi connectivity index (χ4n) is 5.42. The van der Waals surface area contributed by atoms with Crippen LogP contribution in [0, 0.1) is 24.6 Å². The summed E-state index contributed by atoms with van der Waals surface area (Å²) in [5.74, 6) is -0.252. The third-order valence-corrected chi connectivity index (χ3v) is 7.01. The maximum Gasteiger partial charge on any atom is 0.307 e. The number of ether oxygens (including phenoxy) is 1. The van der Waals surface area contributed by atoms with E-state index >= 15 is 0 Å². The topological polar surface area (TPSA) is 79.1 Å². The Hall–Kier alpha value is -3.74. The van der Waals surface area contributed by atoms with Gasteiger partial charge >= 0.3 is 5.97 Å². The molecule has 4 aromatic rings. The van der Waals surface area contributed by atoms with Crippen LogP contribution in [0.3, 0.4) is 0 Å². The predicted molar refractivity (Wildman–Crippen MR) is 119 cm³/mol. The van der Waals surface area contributed by atoms with Crippen LogP contribution in [0.4, 0.5) is 4.39 Å². The number of carboxylic acid groups (broad SMARTS) is 1. The van der Waals surface area contributed by atoms with Crippen LogP contribution in [0.2, 0.25) is 0 Å². The van der Waals surface area contributed by atoms with Crippen molar-refractivity contribution in [1.82, 2.24) is 10.1 Å². The second-order valence-electron chi connectivity index (χ2n) is 9.09. The molecule has 6 rings (SSSR count). The van der Waals surface area contributed by atoms with Crippen LogP contribution in [-0.4, -0.2) is 21.2 Å². The van der Waals surface area contributed by atoms with E-state index in [0.29, 0.717) is 11.3 Å². The molecule has 0 saturated heterocycles. The minimum atomic E-state index is -0.707. The highest BCUT2D eigenvalue weighted by atomic mass is 19.1. The minimum Gasteiger partial charge on any atom is -0.489 e. The number of benzene rings is 2. The van der Waals surface area contributed by atoms with Gasteiger partial charge in [-0.3, -0.25) is 4.79 Å². The summed E-state index contributed by atoms with van der Waals surface area (Å²) in [5, 5.41) is 12.4. The van der Waals surface area contributed by atoms with E-state index in [4.69, 9.17) is 4.74 Å². The molecule has 166 valence electrons. The number of H-pyrrole nitrogens is 1. The maximum atomic E-state index is 14.6. The largest absolute Gasteiger partial charge is 0.489 e. The van der Waals surface area contributed by atoms with Crippen LogP contribution >= 0.6 is 0 Å². The number of aryl methyl sites for hydroxylation is 2. The molecule has 1 saturated carbocycles. The zero-order valence-electron chi connectivity index (χ0n) is 18.3. The van der Waals surface area contributed by atoms with Gasteiger partial charge in [0.15, 0.2) is 12.6 Å². The first-order chi connectivity index (χ1) is 15.9. The number of nitrogens with zero attached hydrogens (tertiary/aromatic N) is 2. The molecule has 2 aliphatic carbocycles. The summed E-state index contributed by atoms with van der Waals surface area (Å²) < 4.78 is 22.5. The van der Waals surface area contributed by atoms with Crippen molar-refractivity contribution in [3.05, 3.63) is 76.9 Å². The number of aromatic nitrogens is 3. The Morgan fingerprint density at radius 1 is 1.27 bits per heavy atom. The molecule has 2 aromatic carbocycles. The van der Waals surface area contributed by atoms with E-state index in [1.54, 1.807) is 6.07 Å². The molecule has 2 aliphatic rings. The maximum absolute atomic E-state index is 14.6. The van der Waals surface area contributed by atoms with Crippen molar-refractivity contribution in [3.63, 3.8) is 0 Å². The normalized spacial score (nSPS) is 20.5. The number of pyridine rings is 1. The Kier molecular flexibility index (Phi) is 4.30. The molecule has 0 aliphatic heterocycles. The number of carbonyl (C=O) groups is 1. The fourth-order valence-corrected chi connectivity index (χ4v) is 5.42. The summed E-state index contributed by atoms with van der Waals surface area (Å²) in [6.07, 6.45) is 2.62. The third-order valence-electron chi connectivity index (χ3n) is 7.01. The lowest BCUT2D eigenvalue weighted by molar-refractivity contribution is -0.702. The SMILES string of the molecule is Cc1cc(-c2ccc(F)c(COc3ccc4c(c3)C[C@H]3[C@H](C(=O)O)[C@@H]43)c2)c2c(c[nH][n+]2C)n1. The third kappa shape index (κ3) is 3.18. The first kappa shape index (κ1) is 19.9. The number of hydrogen-bond acceptors (Lipinski definition) is 3. The molecule has 0 unspecified atom stereocenters. The van der Waals surface area contributed by atoms with E-state index < -0.39 is 5.97 Å². The predicted octanol–water partition coefficient (Wildman–Crippen LogP) is 4.05. The van der Waals surface area contributed by atoms with Gasteiger partial charge in [0, 0.05) is 17.2 Å². The molecule has 0 spiro atoms. The summed E-state index contributed by atoms with van der Waals surface area (Å²) in [4.78, 5) is 15.9. The first-order valence-corrected chi connectivity index (χ1v) is 11.0. The van der Waals surface area contributed by atoms with Gasteiger partial charge in [0.1, 0.15) is 18.2 Å². The lowest BCUT2D eigenvalue weighted by atomic mass is 10.0. The molecule has 7 heteroatoms. The van der Waals surface area contributed by atoms with Crippen LogP contribution in [0.1, 0.15) is 28.3 Å². The average Bonchev–Trinajstić information content (AvgIpc) is 3.20. The molecule has 2 N–H and O–H groups in total. The molecule has 0 amide bonds. The molecule has 6 nitrogen and oxygen atoms in total. The number of aromatic amines is 1. The highest BCUT2D eigenvalue weighted by molar-refractivity contribution is 5.89. The molecule has 2 aromatic heterocycles. The van der Waals surface area contributed by atoms with Gasteiger partial charge in [0.25, 0.3) is 5.52 Å². The van der Waals surface area contributed by atoms with Crippen LogP contribution in [0.25, 0.3) is 22.2 Å². The number of nitrogens with one attached hydrogen (secondary N) is 1. The number of fused-ring (bicyclic) bond motifs is 4. The van der Waals surface area contributed by atoms with Crippen molar-refractivity contribution >= 4 is 17.0 Å². The van der Waals surface area contributed by atoms with E-state index in [-0.39, 0.29) is 30.2 Å². The highest BCUT2D eigenvalue weighted by Gasteiger charge is 2.59. The monoisotopic (exact) mass is 444 g/mol. The van der Waals surface area contributed by atoms with Gasteiger partial charge in [-0.2, -0.15) is 5.10 Å². The molecular formula is C26H23FN3O3+. The highest BCUT2D eigenvalue weighted by Crippen LogP contribution is 2.61. The van der Waals surface area contributed by atoms with Gasteiger partial charge in [-0.1, -0.05) is 12.1 Å². The Balaban J connectivity index is 1.26. The van der Waals surface area contributed by atoms with Crippen molar-refractivity contribution in [2.75, 3.05) is 0 Å². The van der Waals surface area contributed by atoms with Gasteiger partial charge in [-0.15, -0.1) is 4.68 Å². The van der Waals surface area contributed by atoms with Crippen LogP contribution in [-0.2, 0) is 24.9 Å². The smallest absolute Gasteiger partial charge is 0.307 e. The lowest BCUT2D eigenvalue weighted by Crippen LogP contribution is -2.30. The average molecular weight is 444 g/mol. The van der Waals surface area contributed by atoms with Gasteiger partial charge in [-0.25, -0.2) is 9.37 Å². The molecular weight excluding hydrogens is 421 g/mol. The van der Waals surface area contributed by atoms with Gasteiger partial charge in [0.2, 0.25) is 0 Å². The molecule has 2 heterocycles. The quantitative estimate of drug-likeness (QED) is 0.455. The van der Waals surface area contributed by atoms with Crippen molar-refractivity contribution in [2.45, 2.75) is 25.9 Å². The van der Waals surface area contributed by atoms with Gasteiger partial charge in [0.05, 0.1) is 17.7 Å².